The molecular weight excluding hydrogens is 212 g/mol. The van der Waals surface area contributed by atoms with Crippen LogP contribution in [0, 0.1) is 17.3 Å². The minimum Gasteiger partial charge on any atom is -0.468 e. The monoisotopic (exact) mass is 228 g/mol. The summed E-state index contributed by atoms with van der Waals surface area (Å²) in [5.41, 5.74) is -1.29. The fourth-order valence-electron chi connectivity index (χ4n) is 3.07. The van der Waals surface area contributed by atoms with Gasteiger partial charge in [0.05, 0.1) is 19.8 Å². The zero-order valence-electron chi connectivity index (χ0n) is 9.43. The average molecular weight is 228 g/mol. The van der Waals surface area contributed by atoms with Crippen molar-refractivity contribution < 1.29 is 24.2 Å². The van der Waals surface area contributed by atoms with Crippen LogP contribution >= 0.6 is 0 Å². The van der Waals surface area contributed by atoms with Crippen LogP contribution in [0.4, 0.5) is 0 Å². The first-order valence-corrected chi connectivity index (χ1v) is 5.48. The lowest BCUT2D eigenvalue weighted by atomic mass is 9.70. The second-order valence-corrected chi connectivity index (χ2v) is 4.57. The molecule has 1 heterocycles. The molecule has 2 fully saturated rings. The van der Waals surface area contributed by atoms with Crippen molar-refractivity contribution in [2.45, 2.75) is 25.9 Å². The first-order chi connectivity index (χ1) is 7.55. The Labute approximate surface area is 93.7 Å². The van der Waals surface area contributed by atoms with Crippen molar-refractivity contribution in [3.8, 4) is 0 Å². The van der Waals surface area contributed by atoms with Crippen LogP contribution < -0.4 is 0 Å². The van der Waals surface area contributed by atoms with E-state index in [9.17, 15) is 14.7 Å². The highest BCUT2D eigenvalue weighted by Gasteiger charge is 2.65. The van der Waals surface area contributed by atoms with Crippen LogP contribution in [0.1, 0.15) is 19.8 Å². The number of methoxy groups -OCH3 is 1. The molecule has 0 aromatic rings. The summed E-state index contributed by atoms with van der Waals surface area (Å²) in [4.78, 5) is 23.8. The lowest BCUT2D eigenvalue weighted by Crippen LogP contribution is -2.52. The number of ether oxygens (including phenoxy) is 2. The van der Waals surface area contributed by atoms with Gasteiger partial charge in [-0.1, -0.05) is 6.92 Å². The average Bonchev–Trinajstić information content (AvgIpc) is 2.53. The number of hydrogen-bond donors (Lipinski definition) is 1. The molecule has 0 spiro atoms. The molecule has 4 atom stereocenters. The molecule has 1 aliphatic heterocycles. The topological polar surface area (TPSA) is 72.8 Å². The van der Waals surface area contributed by atoms with Crippen LogP contribution in [-0.4, -0.2) is 36.9 Å². The number of aliphatic hydroxyl groups is 1. The molecule has 16 heavy (non-hydrogen) atoms. The molecule has 0 unspecified atom stereocenters. The number of cyclic esters (lactones) is 1. The van der Waals surface area contributed by atoms with Gasteiger partial charge in [0.25, 0.3) is 0 Å². The summed E-state index contributed by atoms with van der Waals surface area (Å²) in [7, 11) is 1.26. The molecule has 0 aromatic heterocycles. The predicted molar refractivity (Wildman–Crippen MR) is 53.3 cm³/mol. The minimum atomic E-state index is -1.29. The first kappa shape index (κ1) is 11.4. The summed E-state index contributed by atoms with van der Waals surface area (Å²) in [6, 6.07) is 0. The Morgan fingerprint density at radius 1 is 1.62 bits per heavy atom. The van der Waals surface area contributed by atoms with E-state index in [1.54, 1.807) is 6.92 Å². The van der Waals surface area contributed by atoms with Crippen LogP contribution in [0.5, 0.6) is 0 Å². The van der Waals surface area contributed by atoms with E-state index in [-0.39, 0.29) is 5.92 Å². The van der Waals surface area contributed by atoms with E-state index < -0.39 is 29.4 Å². The molecule has 1 aliphatic carbocycles. The molecule has 0 bridgehead atoms. The lowest BCUT2D eigenvalue weighted by molar-refractivity contribution is -0.185. The maximum Gasteiger partial charge on any atom is 0.324 e. The van der Waals surface area contributed by atoms with Gasteiger partial charge >= 0.3 is 11.9 Å². The third-order valence-electron chi connectivity index (χ3n) is 4.03. The summed E-state index contributed by atoms with van der Waals surface area (Å²) in [5, 5.41) is 9.84. The van der Waals surface area contributed by atoms with Gasteiger partial charge in [0.2, 0.25) is 0 Å². The van der Waals surface area contributed by atoms with Gasteiger partial charge in [-0.05, 0) is 18.8 Å². The molecule has 0 amide bonds. The SMILES string of the molecule is COC(=O)[C@]12C(=O)OCC[C@H]1C[C@H](O)[C@@H]2C. The number of aliphatic hydroxyl groups excluding tert-OH is 1. The van der Waals surface area contributed by atoms with Gasteiger partial charge in [0.1, 0.15) is 0 Å². The molecule has 1 N–H and O–H groups in total. The van der Waals surface area contributed by atoms with Crippen molar-refractivity contribution in [1.82, 2.24) is 0 Å². The Bertz CT molecular complexity index is 316. The highest BCUT2D eigenvalue weighted by molar-refractivity contribution is 6.01. The van der Waals surface area contributed by atoms with Crippen molar-refractivity contribution in [2.75, 3.05) is 13.7 Å². The molecular formula is C11H16O5. The Morgan fingerprint density at radius 3 is 2.94 bits per heavy atom. The second kappa shape index (κ2) is 3.73. The Balaban J connectivity index is 2.46. The van der Waals surface area contributed by atoms with Crippen LogP contribution in [0.15, 0.2) is 0 Å². The number of hydrogen-bond acceptors (Lipinski definition) is 5. The maximum atomic E-state index is 11.9. The van der Waals surface area contributed by atoms with Crippen LogP contribution in [0.3, 0.4) is 0 Å². The summed E-state index contributed by atoms with van der Waals surface area (Å²) < 4.78 is 9.72. The maximum absolute atomic E-state index is 11.9. The van der Waals surface area contributed by atoms with Gasteiger partial charge in [-0.3, -0.25) is 9.59 Å². The van der Waals surface area contributed by atoms with E-state index in [1.165, 1.54) is 7.11 Å². The van der Waals surface area contributed by atoms with Gasteiger partial charge < -0.3 is 14.6 Å². The molecule has 5 heteroatoms. The summed E-state index contributed by atoms with van der Waals surface area (Å²) in [6.07, 6.45) is 0.433. The fraction of sp³-hybridized carbons (Fsp3) is 0.818. The lowest BCUT2D eigenvalue weighted by Gasteiger charge is -2.37. The third kappa shape index (κ3) is 1.21. The van der Waals surface area contributed by atoms with E-state index in [1.807, 2.05) is 0 Å². The van der Waals surface area contributed by atoms with Crippen molar-refractivity contribution in [2.24, 2.45) is 17.3 Å². The van der Waals surface area contributed by atoms with Gasteiger partial charge in [0, 0.05) is 5.92 Å². The zero-order valence-corrected chi connectivity index (χ0v) is 9.43. The molecule has 5 nitrogen and oxygen atoms in total. The minimum absolute atomic E-state index is 0.161. The van der Waals surface area contributed by atoms with Crippen LogP contribution in [-0.2, 0) is 19.1 Å². The van der Waals surface area contributed by atoms with Crippen molar-refractivity contribution in [3.63, 3.8) is 0 Å². The van der Waals surface area contributed by atoms with E-state index in [4.69, 9.17) is 9.47 Å². The molecule has 90 valence electrons. The highest BCUT2D eigenvalue weighted by atomic mass is 16.6. The molecule has 0 aromatic carbocycles. The largest absolute Gasteiger partial charge is 0.468 e. The van der Waals surface area contributed by atoms with Crippen LogP contribution in [0.2, 0.25) is 0 Å². The highest BCUT2D eigenvalue weighted by Crippen LogP contribution is 2.52. The molecule has 2 rings (SSSR count). The van der Waals surface area contributed by atoms with E-state index in [0.717, 1.165) is 0 Å². The number of rotatable bonds is 1. The second-order valence-electron chi connectivity index (χ2n) is 4.57. The number of carbonyl (C=O) groups is 2. The van der Waals surface area contributed by atoms with E-state index in [0.29, 0.717) is 19.4 Å². The fourth-order valence-corrected chi connectivity index (χ4v) is 3.07. The summed E-state index contributed by atoms with van der Waals surface area (Å²) >= 11 is 0. The van der Waals surface area contributed by atoms with Crippen molar-refractivity contribution in [1.29, 1.82) is 0 Å². The molecule has 2 aliphatic rings. The van der Waals surface area contributed by atoms with Crippen molar-refractivity contribution in [3.05, 3.63) is 0 Å². The van der Waals surface area contributed by atoms with Gasteiger partial charge in [-0.15, -0.1) is 0 Å². The van der Waals surface area contributed by atoms with Crippen molar-refractivity contribution >= 4 is 11.9 Å². The predicted octanol–water partition coefficient (Wildman–Crippen LogP) is 0.110. The number of carbonyl (C=O) groups excluding carboxylic acids is 2. The van der Waals surface area contributed by atoms with E-state index in [2.05, 4.69) is 0 Å². The summed E-state index contributed by atoms with van der Waals surface area (Å²) in [5.74, 6) is -1.73. The van der Waals surface area contributed by atoms with Gasteiger partial charge in [-0.25, -0.2) is 0 Å². The van der Waals surface area contributed by atoms with Crippen LogP contribution in [0.25, 0.3) is 0 Å². The molecule has 1 saturated heterocycles. The van der Waals surface area contributed by atoms with Gasteiger partial charge in [0.15, 0.2) is 5.41 Å². The quantitative estimate of drug-likeness (QED) is 0.509. The smallest absolute Gasteiger partial charge is 0.324 e. The third-order valence-corrected chi connectivity index (χ3v) is 4.03. The molecule has 1 saturated carbocycles. The number of fused-ring (bicyclic) bond motifs is 1. The molecule has 0 radical (unpaired) electrons. The van der Waals surface area contributed by atoms with Gasteiger partial charge in [-0.2, -0.15) is 0 Å². The zero-order chi connectivity index (χ0) is 11.9. The Morgan fingerprint density at radius 2 is 2.31 bits per heavy atom. The first-order valence-electron chi connectivity index (χ1n) is 5.48. The Kier molecular flexibility index (Phi) is 2.66. The standard InChI is InChI=1S/C11H16O5/c1-6-8(12)5-7-3-4-16-10(14)11(6,7)9(13)15-2/h6-8,12H,3-5H2,1-2H3/t6-,7-,8-,11+/m0/s1. The summed E-state index contributed by atoms with van der Waals surface area (Å²) in [6.45, 7) is 2.02. The number of esters is 2. The van der Waals surface area contributed by atoms with E-state index >= 15 is 0 Å². The normalized spacial score (nSPS) is 42.4. The Hall–Kier alpha value is -1.10.